The van der Waals surface area contributed by atoms with Crippen LogP contribution in [0.25, 0.3) is 0 Å². The Morgan fingerprint density at radius 1 is 1.00 bits per heavy atom. The van der Waals surface area contributed by atoms with E-state index in [-0.39, 0.29) is 5.04 Å². The highest BCUT2D eigenvalue weighted by molar-refractivity contribution is 6.99. The van der Waals surface area contributed by atoms with Crippen LogP contribution in [0.4, 0.5) is 0 Å². The zero-order chi connectivity index (χ0) is 20.6. The lowest BCUT2D eigenvalue weighted by atomic mass is 9.98. The second kappa shape index (κ2) is 10.1. The fourth-order valence-corrected chi connectivity index (χ4v) is 8.72. The van der Waals surface area contributed by atoms with Crippen molar-refractivity contribution in [1.82, 2.24) is 0 Å². The van der Waals surface area contributed by atoms with Gasteiger partial charge in [-0.25, -0.2) is 0 Å². The van der Waals surface area contributed by atoms with Crippen LogP contribution in [0.15, 0.2) is 78.5 Å². The third kappa shape index (κ3) is 5.35. The molecule has 0 saturated heterocycles. The molecule has 0 aliphatic rings. The molecule has 0 aromatic heterocycles. The molecule has 2 rings (SSSR count). The van der Waals surface area contributed by atoms with Crippen molar-refractivity contribution < 1.29 is 4.43 Å². The molecule has 0 bridgehead atoms. The minimum Gasteiger partial charge on any atom is -0.407 e. The molecule has 0 heterocycles. The third-order valence-corrected chi connectivity index (χ3v) is 10.6. The van der Waals surface area contributed by atoms with Crippen molar-refractivity contribution in [1.29, 1.82) is 0 Å². The predicted molar refractivity (Wildman–Crippen MR) is 125 cm³/mol. The zero-order valence-electron chi connectivity index (χ0n) is 18.3. The predicted octanol–water partition coefficient (Wildman–Crippen LogP) is 6.10. The Labute approximate surface area is 173 Å². The molecule has 2 aromatic carbocycles. The van der Waals surface area contributed by atoms with Gasteiger partial charge in [-0.05, 0) is 53.1 Å². The van der Waals surface area contributed by atoms with Gasteiger partial charge in [0.15, 0.2) is 0 Å². The molecule has 1 nitrogen and oxygen atoms in total. The van der Waals surface area contributed by atoms with Crippen LogP contribution in [0.2, 0.25) is 5.04 Å². The van der Waals surface area contributed by atoms with E-state index in [1.807, 2.05) is 0 Å². The van der Waals surface area contributed by atoms with Crippen LogP contribution in [-0.2, 0) is 4.43 Å². The van der Waals surface area contributed by atoms with E-state index in [0.29, 0.717) is 5.92 Å². The van der Waals surface area contributed by atoms with E-state index < -0.39 is 8.32 Å². The molecule has 2 heteroatoms. The summed E-state index contributed by atoms with van der Waals surface area (Å²) >= 11 is 0. The normalized spacial score (nSPS) is 13.0. The maximum Gasteiger partial charge on any atom is 0.261 e. The lowest BCUT2D eigenvalue weighted by Crippen LogP contribution is -2.66. The van der Waals surface area contributed by atoms with Crippen molar-refractivity contribution in [3.63, 3.8) is 0 Å². The van der Waals surface area contributed by atoms with Crippen LogP contribution in [0, 0.1) is 5.92 Å². The first-order valence-electron chi connectivity index (χ1n) is 10.4. The van der Waals surface area contributed by atoms with Gasteiger partial charge in [0.05, 0.1) is 0 Å². The molecule has 0 saturated carbocycles. The van der Waals surface area contributed by atoms with Gasteiger partial charge in [0, 0.05) is 6.61 Å². The molecule has 0 spiro atoms. The second-order valence-corrected chi connectivity index (χ2v) is 13.2. The highest BCUT2D eigenvalue weighted by Gasteiger charge is 2.49. The van der Waals surface area contributed by atoms with E-state index in [9.17, 15) is 0 Å². The first-order chi connectivity index (χ1) is 13.3. The van der Waals surface area contributed by atoms with Crippen molar-refractivity contribution in [2.45, 2.75) is 58.9 Å². The summed E-state index contributed by atoms with van der Waals surface area (Å²) in [6, 6.07) is 21.8. The van der Waals surface area contributed by atoms with Crippen molar-refractivity contribution >= 4 is 18.7 Å². The van der Waals surface area contributed by atoms with E-state index in [0.717, 1.165) is 25.9 Å². The molecular weight excluding hydrogens is 356 g/mol. The van der Waals surface area contributed by atoms with Gasteiger partial charge in [-0.15, -0.1) is 5.73 Å². The molecular formula is C26H36OSi. The SMILES string of the molecule is C=C=C(C)CC(C)CCCO[Si](c1ccccc1)(c1ccccc1)C(C)(C)C. The van der Waals surface area contributed by atoms with Crippen LogP contribution >= 0.6 is 0 Å². The van der Waals surface area contributed by atoms with Gasteiger partial charge >= 0.3 is 0 Å². The average Bonchev–Trinajstić information content (AvgIpc) is 2.68. The smallest absolute Gasteiger partial charge is 0.261 e. The lowest BCUT2D eigenvalue weighted by molar-refractivity contribution is 0.278. The van der Waals surface area contributed by atoms with Gasteiger partial charge in [-0.2, -0.15) is 0 Å². The first-order valence-corrected chi connectivity index (χ1v) is 12.3. The fourth-order valence-electron chi connectivity index (χ4n) is 4.12. The summed E-state index contributed by atoms with van der Waals surface area (Å²) in [5.41, 5.74) is 4.27. The van der Waals surface area contributed by atoms with E-state index >= 15 is 0 Å². The summed E-state index contributed by atoms with van der Waals surface area (Å²) in [5, 5.41) is 2.75. The van der Waals surface area contributed by atoms with Crippen molar-refractivity contribution in [3.05, 3.63) is 78.5 Å². The summed E-state index contributed by atoms with van der Waals surface area (Å²) in [6.45, 7) is 16.0. The molecule has 28 heavy (non-hydrogen) atoms. The Hall–Kier alpha value is -1.86. The number of hydrogen-bond donors (Lipinski definition) is 0. The van der Waals surface area contributed by atoms with Gasteiger partial charge in [0.1, 0.15) is 0 Å². The van der Waals surface area contributed by atoms with Gasteiger partial charge in [0.25, 0.3) is 8.32 Å². The molecule has 150 valence electrons. The Kier molecular flexibility index (Phi) is 8.06. The van der Waals surface area contributed by atoms with Crippen LogP contribution < -0.4 is 10.4 Å². The molecule has 0 aliphatic heterocycles. The van der Waals surface area contributed by atoms with Gasteiger partial charge in [-0.3, -0.25) is 0 Å². The third-order valence-electron chi connectivity index (χ3n) is 5.53. The monoisotopic (exact) mass is 392 g/mol. The molecule has 0 fully saturated rings. The fraction of sp³-hybridized carbons (Fsp3) is 0.423. The lowest BCUT2D eigenvalue weighted by Gasteiger charge is -2.43. The Bertz CT molecular complexity index is 728. The second-order valence-electron chi connectivity index (χ2n) is 8.92. The number of rotatable bonds is 9. The summed E-state index contributed by atoms with van der Waals surface area (Å²) in [7, 11) is -2.39. The van der Waals surface area contributed by atoms with E-state index in [4.69, 9.17) is 4.43 Å². The van der Waals surface area contributed by atoms with Crippen molar-refractivity contribution in [2.75, 3.05) is 6.61 Å². The van der Waals surface area contributed by atoms with Crippen LogP contribution in [0.3, 0.4) is 0 Å². The van der Waals surface area contributed by atoms with E-state index in [1.54, 1.807) is 0 Å². The van der Waals surface area contributed by atoms with Gasteiger partial charge in [-0.1, -0.05) is 94.9 Å². The molecule has 0 N–H and O–H groups in total. The molecule has 2 aromatic rings. The largest absolute Gasteiger partial charge is 0.407 e. The van der Waals surface area contributed by atoms with Crippen LogP contribution in [-0.4, -0.2) is 14.9 Å². The molecule has 1 atom stereocenters. The van der Waals surface area contributed by atoms with Gasteiger partial charge in [0.2, 0.25) is 0 Å². The average molecular weight is 393 g/mol. The minimum atomic E-state index is -2.39. The first kappa shape index (κ1) is 22.4. The molecule has 0 radical (unpaired) electrons. The Morgan fingerprint density at radius 2 is 1.50 bits per heavy atom. The van der Waals surface area contributed by atoms with Crippen LogP contribution in [0.1, 0.15) is 53.9 Å². The number of benzene rings is 2. The van der Waals surface area contributed by atoms with Crippen molar-refractivity contribution in [2.24, 2.45) is 5.92 Å². The standard InChI is InChI=1S/C26H36OSi/c1-7-22(2)21-23(3)15-14-20-27-28(26(4,5)6,24-16-10-8-11-17-24)25-18-12-9-13-19-25/h8-13,16-19,23H,1,14-15,20-21H2,2-6H3. The Balaban J connectivity index is 2.26. The molecule has 1 unspecified atom stereocenters. The van der Waals surface area contributed by atoms with Gasteiger partial charge < -0.3 is 4.43 Å². The Morgan fingerprint density at radius 3 is 1.93 bits per heavy atom. The summed E-state index contributed by atoms with van der Waals surface area (Å²) in [4.78, 5) is 0. The van der Waals surface area contributed by atoms with E-state index in [1.165, 1.54) is 15.9 Å². The number of hydrogen-bond acceptors (Lipinski definition) is 1. The summed E-state index contributed by atoms with van der Waals surface area (Å²) < 4.78 is 6.95. The van der Waals surface area contributed by atoms with Crippen LogP contribution in [0.5, 0.6) is 0 Å². The molecule has 0 aliphatic carbocycles. The van der Waals surface area contributed by atoms with E-state index in [2.05, 4.69) is 108 Å². The number of allylic oxidation sites excluding steroid dienone is 1. The summed E-state index contributed by atoms with van der Waals surface area (Å²) in [6.07, 6.45) is 3.32. The maximum absolute atomic E-state index is 6.95. The zero-order valence-corrected chi connectivity index (χ0v) is 19.3. The highest BCUT2D eigenvalue weighted by atomic mass is 28.4. The highest BCUT2D eigenvalue weighted by Crippen LogP contribution is 2.36. The maximum atomic E-state index is 6.95. The van der Waals surface area contributed by atoms with Crippen molar-refractivity contribution in [3.8, 4) is 0 Å². The summed E-state index contributed by atoms with van der Waals surface area (Å²) in [5.74, 6) is 0.636. The minimum absolute atomic E-state index is 0.0451. The topological polar surface area (TPSA) is 9.23 Å². The quantitative estimate of drug-likeness (QED) is 0.284. The molecule has 0 amide bonds.